The number of carbonyl (C=O) groups is 1. The zero-order valence-corrected chi connectivity index (χ0v) is 14.3. The number of nitrogens with zero attached hydrogens (tertiary/aromatic N) is 4. The van der Waals surface area contributed by atoms with Crippen LogP contribution in [-0.4, -0.2) is 36.9 Å². The molecular weight excluding hydrogens is 320 g/mol. The van der Waals surface area contributed by atoms with Gasteiger partial charge in [0.05, 0.1) is 22.1 Å². The van der Waals surface area contributed by atoms with Crippen LogP contribution in [0.15, 0.2) is 42.5 Å². The molecule has 0 spiro atoms. The molecule has 0 N–H and O–H groups in total. The fraction of sp³-hybridized carbons (Fsp3) is 0.222. The summed E-state index contributed by atoms with van der Waals surface area (Å²) >= 11 is 0. The van der Waals surface area contributed by atoms with E-state index in [4.69, 9.17) is 5.26 Å². The molecule has 2 aromatic rings. The van der Waals surface area contributed by atoms with Crippen molar-refractivity contribution in [3.63, 3.8) is 0 Å². The molecule has 128 valence electrons. The SMILES string of the molecule is CN(Cc1cccc(C#N)c1)C(=O)c1cc([N+](=O)[O-])ccc1N(C)C. The van der Waals surface area contributed by atoms with Crippen LogP contribution in [0.2, 0.25) is 0 Å². The van der Waals surface area contributed by atoms with E-state index in [9.17, 15) is 14.9 Å². The zero-order valence-electron chi connectivity index (χ0n) is 14.3. The Morgan fingerprint density at radius 1 is 1.20 bits per heavy atom. The van der Waals surface area contributed by atoms with Gasteiger partial charge in [-0.15, -0.1) is 0 Å². The van der Waals surface area contributed by atoms with Crippen LogP contribution in [0.4, 0.5) is 11.4 Å². The van der Waals surface area contributed by atoms with Gasteiger partial charge in [-0.25, -0.2) is 0 Å². The van der Waals surface area contributed by atoms with Gasteiger partial charge in [-0.1, -0.05) is 12.1 Å². The number of nitro benzene ring substituents is 1. The van der Waals surface area contributed by atoms with Gasteiger partial charge in [0.15, 0.2) is 0 Å². The number of anilines is 1. The van der Waals surface area contributed by atoms with Gasteiger partial charge in [0.1, 0.15) is 0 Å². The summed E-state index contributed by atoms with van der Waals surface area (Å²) in [6.07, 6.45) is 0. The number of hydrogen-bond acceptors (Lipinski definition) is 5. The molecule has 0 aliphatic heterocycles. The smallest absolute Gasteiger partial charge is 0.270 e. The first-order valence-corrected chi connectivity index (χ1v) is 7.53. The molecule has 25 heavy (non-hydrogen) atoms. The fourth-order valence-electron chi connectivity index (χ4n) is 2.49. The normalized spacial score (nSPS) is 10.0. The molecule has 7 nitrogen and oxygen atoms in total. The summed E-state index contributed by atoms with van der Waals surface area (Å²) in [5, 5.41) is 20.0. The van der Waals surface area contributed by atoms with E-state index in [-0.39, 0.29) is 17.2 Å². The van der Waals surface area contributed by atoms with Crippen LogP contribution < -0.4 is 4.90 Å². The van der Waals surface area contributed by atoms with Crippen molar-refractivity contribution in [3.8, 4) is 6.07 Å². The maximum absolute atomic E-state index is 12.8. The number of nitro groups is 1. The fourth-order valence-corrected chi connectivity index (χ4v) is 2.49. The maximum Gasteiger partial charge on any atom is 0.270 e. The molecule has 7 heteroatoms. The quantitative estimate of drug-likeness (QED) is 0.617. The zero-order chi connectivity index (χ0) is 18.6. The van der Waals surface area contributed by atoms with Crippen LogP contribution in [0.1, 0.15) is 21.5 Å². The number of carbonyl (C=O) groups excluding carboxylic acids is 1. The summed E-state index contributed by atoms with van der Waals surface area (Å²) in [6.45, 7) is 0.296. The highest BCUT2D eigenvalue weighted by atomic mass is 16.6. The van der Waals surface area contributed by atoms with Crippen LogP contribution in [0.25, 0.3) is 0 Å². The van der Waals surface area contributed by atoms with Crippen molar-refractivity contribution >= 4 is 17.3 Å². The van der Waals surface area contributed by atoms with Crippen LogP contribution in [0.5, 0.6) is 0 Å². The van der Waals surface area contributed by atoms with Gasteiger partial charge in [-0.3, -0.25) is 14.9 Å². The number of benzene rings is 2. The summed E-state index contributed by atoms with van der Waals surface area (Å²) in [5.41, 5.74) is 2.06. The second-order valence-corrected chi connectivity index (χ2v) is 5.83. The van der Waals surface area contributed by atoms with Gasteiger partial charge in [-0.05, 0) is 23.8 Å². The van der Waals surface area contributed by atoms with Crippen molar-refractivity contribution < 1.29 is 9.72 Å². The second kappa shape index (κ2) is 7.45. The van der Waals surface area contributed by atoms with E-state index in [0.717, 1.165) is 5.56 Å². The summed E-state index contributed by atoms with van der Waals surface area (Å²) in [6, 6.07) is 13.3. The first-order valence-electron chi connectivity index (χ1n) is 7.53. The first kappa shape index (κ1) is 17.9. The third-order valence-electron chi connectivity index (χ3n) is 3.73. The van der Waals surface area contributed by atoms with Crippen molar-refractivity contribution in [2.45, 2.75) is 6.54 Å². The minimum absolute atomic E-state index is 0.131. The molecule has 0 radical (unpaired) electrons. The number of hydrogen-bond donors (Lipinski definition) is 0. The molecule has 0 bridgehead atoms. The molecule has 0 aromatic heterocycles. The topological polar surface area (TPSA) is 90.5 Å². The molecule has 0 saturated heterocycles. The molecule has 2 aromatic carbocycles. The van der Waals surface area contributed by atoms with E-state index in [1.54, 1.807) is 50.3 Å². The molecule has 2 rings (SSSR count). The van der Waals surface area contributed by atoms with E-state index in [2.05, 4.69) is 6.07 Å². The Bertz CT molecular complexity index is 856. The number of rotatable bonds is 5. The molecule has 0 aliphatic carbocycles. The molecule has 0 unspecified atom stereocenters. The van der Waals surface area contributed by atoms with E-state index in [1.165, 1.54) is 17.0 Å². The predicted molar refractivity (Wildman–Crippen MR) is 94.4 cm³/mol. The molecule has 0 aliphatic rings. The van der Waals surface area contributed by atoms with Gasteiger partial charge in [0.25, 0.3) is 11.6 Å². The van der Waals surface area contributed by atoms with E-state index in [1.807, 2.05) is 6.07 Å². The Labute approximate surface area is 145 Å². The van der Waals surface area contributed by atoms with Crippen molar-refractivity contribution in [1.82, 2.24) is 4.90 Å². The summed E-state index contributed by atoms with van der Waals surface area (Å²) in [7, 11) is 5.17. The minimum atomic E-state index is -0.521. The van der Waals surface area contributed by atoms with E-state index < -0.39 is 4.92 Å². The summed E-state index contributed by atoms with van der Waals surface area (Å²) < 4.78 is 0. The predicted octanol–water partition coefficient (Wildman–Crippen LogP) is 2.80. The second-order valence-electron chi connectivity index (χ2n) is 5.83. The van der Waals surface area contributed by atoms with E-state index in [0.29, 0.717) is 17.8 Å². The molecule has 0 saturated carbocycles. The Kier molecular flexibility index (Phi) is 5.35. The Morgan fingerprint density at radius 3 is 2.52 bits per heavy atom. The Morgan fingerprint density at radius 2 is 1.92 bits per heavy atom. The lowest BCUT2D eigenvalue weighted by molar-refractivity contribution is -0.384. The highest BCUT2D eigenvalue weighted by Gasteiger charge is 2.21. The third kappa shape index (κ3) is 4.12. The first-order chi connectivity index (χ1) is 11.8. The standard InChI is InChI=1S/C18H18N4O3/c1-20(2)17-8-7-15(22(24)25)10-16(17)18(23)21(3)12-14-6-4-5-13(9-14)11-19/h4-10H,12H2,1-3H3. The van der Waals surface area contributed by atoms with Crippen molar-refractivity contribution in [3.05, 3.63) is 69.3 Å². The summed E-state index contributed by atoms with van der Waals surface area (Å²) in [4.78, 5) is 26.5. The molecule has 0 heterocycles. The maximum atomic E-state index is 12.8. The van der Waals surface area contributed by atoms with Crippen molar-refractivity contribution in [2.24, 2.45) is 0 Å². The lowest BCUT2D eigenvalue weighted by atomic mass is 10.1. The lowest BCUT2D eigenvalue weighted by Crippen LogP contribution is -2.28. The van der Waals surface area contributed by atoms with Gasteiger partial charge in [-0.2, -0.15) is 5.26 Å². The van der Waals surface area contributed by atoms with Gasteiger partial charge in [0.2, 0.25) is 0 Å². The average molecular weight is 338 g/mol. The monoisotopic (exact) mass is 338 g/mol. The molecule has 1 amide bonds. The highest BCUT2D eigenvalue weighted by Crippen LogP contribution is 2.25. The van der Waals surface area contributed by atoms with Gasteiger partial charge in [0, 0.05) is 45.5 Å². The minimum Gasteiger partial charge on any atom is -0.377 e. The summed E-state index contributed by atoms with van der Waals surface area (Å²) in [5.74, 6) is -0.324. The highest BCUT2D eigenvalue weighted by molar-refractivity contribution is 6.00. The molecular formula is C18H18N4O3. The average Bonchev–Trinajstić information content (AvgIpc) is 2.60. The number of amides is 1. The largest absolute Gasteiger partial charge is 0.377 e. The van der Waals surface area contributed by atoms with E-state index >= 15 is 0 Å². The van der Waals surface area contributed by atoms with Gasteiger partial charge >= 0.3 is 0 Å². The number of nitriles is 1. The molecule has 0 fully saturated rings. The van der Waals surface area contributed by atoms with Crippen LogP contribution >= 0.6 is 0 Å². The van der Waals surface area contributed by atoms with Crippen LogP contribution in [0.3, 0.4) is 0 Å². The van der Waals surface area contributed by atoms with Crippen LogP contribution in [-0.2, 0) is 6.54 Å². The Hall–Kier alpha value is -3.40. The Balaban J connectivity index is 2.33. The van der Waals surface area contributed by atoms with Gasteiger partial charge < -0.3 is 9.80 Å². The molecule has 0 atom stereocenters. The van der Waals surface area contributed by atoms with Crippen molar-refractivity contribution in [2.75, 3.05) is 26.0 Å². The lowest BCUT2D eigenvalue weighted by Gasteiger charge is -2.22. The van der Waals surface area contributed by atoms with Crippen LogP contribution in [0, 0.1) is 21.4 Å². The van der Waals surface area contributed by atoms with Crippen molar-refractivity contribution in [1.29, 1.82) is 5.26 Å². The number of non-ortho nitro benzene ring substituents is 1. The third-order valence-corrected chi connectivity index (χ3v) is 3.73.